The van der Waals surface area contributed by atoms with E-state index in [1.165, 1.54) is 0 Å². The standard InChI is InChI=1S/CHN5O2/c7-3-1-2-4-5-6(1)8/h8H. The molecule has 7 heteroatoms. The summed E-state index contributed by atoms with van der Waals surface area (Å²) in [6.07, 6.45) is 0. The first kappa shape index (κ1) is 4.62. The Hall–Kier alpha value is -1.53. The Morgan fingerprint density at radius 3 is 2.75 bits per heavy atom. The molecule has 0 spiro atoms. The first-order valence-electron chi connectivity index (χ1n) is 1.65. The molecule has 1 aromatic heterocycles. The molecule has 0 radical (unpaired) electrons. The average molecular weight is 115 g/mol. The number of hydrogen-bond acceptors (Lipinski definition) is 6. The summed E-state index contributed by atoms with van der Waals surface area (Å²) in [6, 6.07) is 0. The Kier molecular flexibility index (Phi) is 0.881. The lowest BCUT2D eigenvalue weighted by Gasteiger charge is -1.78. The third-order valence-corrected chi connectivity index (χ3v) is 0.519. The van der Waals surface area contributed by atoms with Crippen molar-refractivity contribution in [3.8, 4) is 0 Å². The van der Waals surface area contributed by atoms with Crippen LogP contribution >= 0.6 is 0 Å². The molecule has 0 amide bonds. The zero-order valence-corrected chi connectivity index (χ0v) is 3.59. The molecule has 0 bridgehead atoms. The summed E-state index contributed by atoms with van der Waals surface area (Å²) in [5.74, 6) is -0.454. The lowest BCUT2D eigenvalue weighted by atomic mass is 11.1. The summed E-state index contributed by atoms with van der Waals surface area (Å²) in [6.45, 7) is 0. The molecule has 1 N–H and O–H groups in total. The van der Waals surface area contributed by atoms with E-state index in [1.807, 2.05) is 0 Å². The number of rotatable bonds is 1. The fourth-order valence-corrected chi connectivity index (χ4v) is 0.233. The van der Waals surface area contributed by atoms with E-state index in [0.717, 1.165) is 0 Å². The number of nitroso groups, excluding NO2 is 1. The van der Waals surface area contributed by atoms with Gasteiger partial charge in [0, 0.05) is 5.18 Å². The zero-order valence-electron chi connectivity index (χ0n) is 3.59. The highest BCUT2D eigenvalue weighted by molar-refractivity contribution is 5.05. The Morgan fingerprint density at radius 1 is 1.75 bits per heavy atom. The second-order valence-corrected chi connectivity index (χ2v) is 0.960. The number of aromatic nitrogens is 4. The van der Waals surface area contributed by atoms with Crippen molar-refractivity contribution in [1.29, 1.82) is 0 Å². The molecule has 0 aliphatic rings. The van der Waals surface area contributed by atoms with Gasteiger partial charge in [0.1, 0.15) is 0 Å². The van der Waals surface area contributed by atoms with Crippen molar-refractivity contribution in [1.82, 2.24) is 20.4 Å². The third-order valence-electron chi connectivity index (χ3n) is 0.519. The van der Waals surface area contributed by atoms with Gasteiger partial charge in [-0.2, -0.15) is 0 Å². The molecule has 0 atom stereocenters. The minimum Gasteiger partial charge on any atom is -0.407 e. The molecule has 0 saturated heterocycles. The Bertz CT molecular complexity index is 192. The maximum atomic E-state index is 9.52. The van der Waals surface area contributed by atoms with Crippen molar-refractivity contribution in [2.24, 2.45) is 5.18 Å². The predicted octanol–water partition coefficient (Wildman–Crippen LogP) is -0.692. The molecule has 0 fully saturated rings. The zero-order chi connectivity index (χ0) is 5.98. The molecular weight excluding hydrogens is 114 g/mol. The average Bonchev–Trinajstić information content (AvgIpc) is 2.14. The van der Waals surface area contributed by atoms with Gasteiger partial charge < -0.3 is 5.21 Å². The van der Waals surface area contributed by atoms with Gasteiger partial charge in [-0.3, -0.25) is 0 Å². The number of tetrazole rings is 1. The lowest BCUT2D eigenvalue weighted by Crippen LogP contribution is -1.90. The van der Waals surface area contributed by atoms with Gasteiger partial charge in [-0.15, -0.1) is 4.91 Å². The van der Waals surface area contributed by atoms with Gasteiger partial charge in [0.15, 0.2) is 0 Å². The quantitative estimate of drug-likeness (QED) is 0.386. The van der Waals surface area contributed by atoms with Crippen molar-refractivity contribution in [3.63, 3.8) is 0 Å². The van der Waals surface area contributed by atoms with Gasteiger partial charge in [-0.25, -0.2) is 0 Å². The van der Waals surface area contributed by atoms with E-state index in [1.54, 1.807) is 0 Å². The van der Waals surface area contributed by atoms with Crippen molar-refractivity contribution in [2.75, 3.05) is 0 Å². The summed E-state index contributed by atoms with van der Waals surface area (Å²) in [7, 11) is 0. The minimum atomic E-state index is -0.454. The normalized spacial score (nSPS) is 9.00. The monoisotopic (exact) mass is 115 g/mol. The lowest BCUT2D eigenvalue weighted by molar-refractivity contribution is 0.147. The minimum absolute atomic E-state index is 0.188. The van der Waals surface area contributed by atoms with Crippen LogP contribution in [-0.4, -0.2) is 25.6 Å². The third kappa shape index (κ3) is 0.491. The van der Waals surface area contributed by atoms with Crippen LogP contribution in [0.25, 0.3) is 0 Å². The van der Waals surface area contributed by atoms with E-state index in [0.29, 0.717) is 0 Å². The molecule has 0 unspecified atom stereocenters. The molecule has 1 rings (SSSR count). The molecule has 1 aromatic rings. The van der Waals surface area contributed by atoms with E-state index >= 15 is 0 Å². The molecule has 1 heterocycles. The number of hydrogen-bond donors (Lipinski definition) is 1. The van der Waals surface area contributed by atoms with E-state index in [4.69, 9.17) is 5.21 Å². The first-order valence-corrected chi connectivity index (χ1v) is 1.65. The Balaban J connectivity index is 3.09. The van der Waals surface area contributed by atoms with Gasteiger partial charge in [0.2, 0.25) is 0 Å². The maximum Gasteiger partial charge on any atom is 0.346 e. The van der Waals surface area contributed by atoms with E-state index in [-0.39, 0.29) is 4.85 Å². The highest BCUT2D eigenvalue weighted by atomic mass is 16.5. The molecule has 0 aliphatic carbocycles. The van der Waals surface area contributed by atoms with E-state index in [2.05, 4.69) is 20.7 Å². The summed E-state index contributed by atoms with van der Waals surface area (Å²) in [5, 5.41) is 19.4. The van der Waals surface area contributed by atoms with Crippen molar-refractivity contribution in [3.05, 3.63) is 4.91 Å². The van der Waals surface area contributed by atoms with Crippen LogP contribution in [0, 0.1) is 4.91 Å². The van der Waals surface area contributed by atoms with Crippen LogP contribution in [0.4, 0.5) is 5.95 Å². The van der Waals surface area contributed by atoms with Crippen LogP contribution < -0.4 is 0 Å². The molecule has 0 aliphatic heterocycles. The van der Waals surface area contributed by atoms with Crippen LogP contribution in [0.3, 0.4) is 0 Å². The van der Waals surface area contributed by atoms with Crippen molar-refractivity contribution < 1.29 is 5.21 Å². The molecule has 0 saturated carbocycles. The Morgan fingerprint density at radius 2 is 2.50 bits per heavy atom. The smallest absolute Gasteiger partial charge is 0.346 e. The fraction of sp³-hybridized carbons (Fsp3) is 0. The molecule has 7 nitrogen and oxygen atoms in total. The molecule has 42 valence electrons. The second kappa shape index (κ2) is 1.52. The van der Waals surface area contributed by atoms with Crippen LogP contribution in [0.15, 0.2) is 5.18 Å². The van der Waals surface area contributed by atoms with Crippen molar-refractivity contribution in [2.45, 2.75) is 0 Å². The number of nitrogens with zero attached hydrogens (tertiary/aromatic N) is 5. The van der Waals surface area contributed by atoms with Crippen LogP contribution in [0.5, 0.6) is 0 Å². The predicted molar refractivity (Wildman–Crippen MR) is 20.5 cm³/mol. The highest BCUT2D eigenvalue weighted by Crippen LogP contribution is 1.97. The summed E-state index contributed by atoms with van der Waals surface area (Å²) >= 11 is 0. The summed E-state index contributed by atoms with van der Waals surface area (Å²) in [4.78, 5) is 9.70. The molecular formula is CHN5O2. The summed E-state index contributed by atoms with van der Waals surface area (Å²) in [5.41, 5.74) is 0. The van der Waals surface area contributed by atoms with Crippen molar-refractivity contribution >= 4 is 5.95 Å². The van der Waals surface area contributed by atoms with Gasteiger partial charge >= 0.3 is 5.95 Å². The second-order valence-electron chi connectivity index (χ2n) is 0.960. The van der Waals surface area contributed by atoms with Crippen LogP contribution in [0.1, 0.15) is 0 Å². The largest absolute Gasteiger partial charge is 0.407 e. The topological polar surface area (TPSA) is 93.3 Å². The van der Waals surface area contributed by atoms with Gasteiger partial charge in [-0.1, -0.05) is 5.10 Å². The van der Waals surface area contributed by atoms with E-state index < -0.39 is 5.95 Å². The molecule has 8 heavy (non-hydrogen) atoms. The van der Waals surface area contributed by atoms with Gasteiger partial charge in [0.25, 0.3) is 0 Å². The maximum absolute atomic E-state index is 9.52. The SMILES string of the molecule is O=Nc1nnnn1O. The molecule has 0 aromatic carbocycles. The van der Waals surface area contributed by atoms with Crippen LogP contribution in [0.2, 0.25) is 0 Å². The Labute approximate surface area is 42.9 Å². The highest BCUT2D eigenvalue weighted by Gasteiger charge is 1.99. The first-order chi connectivity index (χ1) is 3.84. The van der Waals surface area contributed by atoms with Gasteiger partial charge in [0.05, 0.1) is 0 Å². The fourth-order valence-electron chi connectivity index (χ4n) is 0.233. The van der Waals surface area contributed by atoms with Crippen LogP contribution in [-0.2, 0) is 0 Å². The van der Waals surface area contributed by atoms with Gasteiger partial charge in [-0.05, 0) is 15.3 Å². The van der Waals surface area contributed by atoms with E-state index in [9.17, 15) is 4.91 Å². The summed E-state index contributed by atoms with van der Waals surface area (Å²) < 4.78 is 0.